The van der Waals surface area contributed by atoms with E-state index in [4.69, 9.17) is 4.74 Å². The van der Waals surface area contributed by atoms with Gasteiger partial charge < -0.3 is 9.29 Å². The van der Waals surface area contributed by atoms with Crippen LogP contribution >= 0.6 is 10.3 Å². The largest absolute Gasteiger partial charge is 0.375 e. The Morgan fingerprint density at radius 1 is 1.38 bits per heavy atom. The average molecular weight is 204 g/mol. The highest BCUT2D eigenvalue weighted by molar-refractivity contribution is 8.28. The number of hydrogen-bond acceptors (Lipinski definition) is 2. The first-order valence-electron chi connectivity index (χ1n) is 5.13. The summed E-state index contributed by atoms with van der Waals surface area (Å²) in [5.74, 6) is 1.73. The Hall–Kier alpha value is 0.270. The first-order valence-corrected chi connectivity index (χ1v) is 7.71. The van der Waals surface area contributed by atoms with E-state index in [1.807, 2.05) is 12.5 Å². The van der Waals surface area contributed by atoms with Crippen molar-refractivity contribution < 1.29 is 9.29 Å². The summed E-state index contributed by atoms with van der Waals surface area (Å²) in [6.07, 6.45) is 10.1. The Labute approximate surface area is 82.2 Å². The van der Waals surface area contributed by atoms with Gasteiger partial charge in [0.25, 0.3) is 0 Å². The lowest BCUT2D eigenvalue weighted by Crippen LogP contribution is -2.47. The van der Waals surface area contributed by atoms with Gasteiger partial charge in [-0.25, -0.2) is 0 Å². The molecule has 2 nitrogen and oxygen atoms in total. The molecule has 13 heavy (non-hydrogen) atoms. The molecule has 3 heteroatoms. The molecule has 2 bridgehead atoms. The number of ether oxygens (including phenoxy) is 1. The topological polar surface area (TPSA) is 29.5 Å². The van der Waals surface area contributed by atoms with E-state index in [0.717, 1.165) is 18.1 Å². The molecule has 3 rings (SSSR count). The lowest BCUT2D eigenvalue weighted by Gasteiger charge is -2.47. The normalized spacial score (nSPS) is 39.8. The Morgan fingerprint density at radius 2 is 2.08 bits per heavy atom. The third kappa shape index (κ3) is 2.39. The Balaban J connectivity index is 1.75. The van der Waals surface area contributed by atoms with E-state index < -0.39 is 10.3 Å². The van der Waals surface area contributed by atoms with Gasteiger partial charge in [-0.3, -0.25) is 0 Å². The van der Waals surface area contributed by atoms with Crippen molar-refractivity contribution in [3.63, 3.8) is 0 Å². The van der Waals surface area contributed by atoms with Gasteiger partial charge in [0.1, 0.15) is 0 Å². The molecule has 0 radical (unpaired) electrons. The summed E-state index contributed by atoms with van der Waals surface area (Å²) in [7, 11) is -1.29. The fraction of sp³-hybridized carbons (Fsp3) is 1.00. The molecule has 1 N–H and O–H groups in total. The van der Waals surface area contributed by atoms with Crippen molar-refractivity contribution in [1.29, 1.82) is 0 Å². The molecule has 1 aliphatic carbocycles. The summed E-state index contributed by atoms with van der Waals surface area (Å²) in [6.45, 7) is 0. The molecule has 3 atom stereocenters. The quantitative estimate of drug-likeness (QED) is 0.765. The summed E-state index contributed by atoms with van der Waals surface area (Å²) in [5.41, 5.74) is 0. The van der Waals surface area contributed by atoms with Gasteiger partial charge in [-0.15, -0.1) is 10.3 Å². The molecule has 0 aromatic heterocycles. The molecular formula is C10H20O2S. The first kappa shape index (κ1) is 9.81. The van der Waals surface area contributed by atoms with Crippen molar-refractivity contribution in [3.05, 3.63) is 0 Å². The standard InChI is InChI=1S/C10H20O2S/c1-13(2,11)6-5-8-3-4-9-7-10(8)12-9/h8-11H,3-7H2,1-2H3. The van der Waals surface area contributed by atoms with Crippen LogP contribution in [0.1, 0.15) is 25.7 Å². The number of rotatable bonds is 3. The number of hydrogen-bond donors (Lipinski definition) is 1. The maximum atomic E-state index is 9.69. The van der Waals surface area contributed by atoms with Crippen molar-refractivity contribution in [3.8, 4) is 0 Å². The summed E-state index contributed by atoms with van der Waals surface area (Å²) in [4.78, 5) is 0. The summed E-state index contributed by atoms with van der Waals surface area (Å²) >= 11 is 0. The molecule has 3 aliphatic rings. The first-order chi connectivity index (χ1) is 6.04. The smallest absolute Gasteiger partial charge is 0.0632 e. The second-order valence-electron chi connectivity index (χ2n) is 4.84. The molecular weight excluding hydrogens is 184 g/mol. The van der Waals surface area contributed by atoms with E-state index in [0.29, 0.717) is 12.2 Å². The second-order valence-corrected chi connectivity index (χ2v) is 8.21. The Morgan fingerprint density at radius 3 is 2.54 bits per heavy atom. The fourth-order valence-corrected chi connectivity index (χ4v) is 3.22. The number of fused-ring (bicyclic) bond motifs is 2. The minimum atomic E-state index is -1.29. The van der Waals surface area contributed by atoms with E-state index in [2.05, 4.69) is 0 Å². The van der Waals surface area contributed by atoms with Crippen LogP contribution < -0.4 is 0 Å². The maximum Gasteiger partial charge on any atom is 0.0632 e. The van der Waals surface area contributed by atoms with E-state index in [-0.39, 0.29) is 0 Å². The molecule has 3 fully saturated rings. The third-order valence-electron chi connectivity index (χ3n) is 3.24. The molecule has 3 unspecified atom stereocenters. The molecule has 0 amide bonds. The molecule has 0 aromatic rings. The van der Waals surface area contributed by atoms with Gasteiger partial charge in [-0.2, -0.15) is 0 Å². The van der Waals surface area contributed by atoms with Crippen molar-refractivity contribution in [1.82, 2.24) is 0 Å². The van der Waals surface area contributed by atoms with E-state index in [9.17, 15) is 4.55 Å². The van der Waals surface area contributed by atoms with Gasteiger partial charge in [0.15, 0.2) is 0 Å². The van der Waals surface area contributed by atoms with Gasteiger partial charge in [-0.05, 0) is 43.4 Å². The zero-order chi connectivity index (χ0) is 9.47. The predicted molar refractivity (Wildman–Crippen MR) is 57.6 cm³/mol. The zero-order valence-electron chi connectivity index (χ0n) is 8.53. The van der Waals surface area contributed by atoms with Crippen molar-refractivity contribution >= 4 is 10.3 Å². The van der Waals surface area contributed by atoms with Crippen LogP contribution in [0.3, 0.4) is 0 Å². The zero-order valence-corrected chi connectivity index (χ0v) is 9.35. The summed E-state index contributed by atoms with van der Waals surface area (Å²) in [5, 5.41) is 0. The summed E-state index contributed by atoms with van der Waals surface area (Å²) < 4.78 is 15.4. The monoisotopic (exact) mass is 204 g/mol. The third-order valence-corrected chi connectivity index (χ3v) is 4.47. The minimum Gasteiger partial charge on any atom is -0.375 e. The van der Waals surface area contributed by atoms with Gasteiger partial charge in [0.2, 0.25) is 0 Å². The van der Waals surface area contributed by atoms with Crippen LogP contribution in [-0.2, 0) is 4.74 Å². The maximum absolute atomic E-state index is 9.69. The average Bonchev–Trinajstić information content (AvgIpc) is 1.98. The highest BCUT2D eigenvalue weighted by Crippen LogP contribution is 2.43. The highest BCUT2D eigenvalue weighted by atomic mass is 32.3. The van der Waals surface area contributed by atoms with Crippen molar-refractivity contribution in [2.75, 3.05) is 18.3 Å². The van der Waals surface area contributed by atoms with Crippen molar-refractivity contribution in [2.24, 2.45) is 5.92 Å². The van der Waals surface area contributed by atoms with Gasteiger partial charge in [-0.1, -0.05) is 0 Å². The van der Waals surface area contributed by atoms with Crippen LogP contribution in [0.2, 0.25) is 0 Å². The SMILES string of the molecule is CS(C)(O)CCC1CCC2CC1O2. The molecule has 0 spiro atoms. The minimum absolute atomic E-state index is 0.542. The summed E-state index contributed by atoms with van der Waals surface area (Å²) in [6, 6.07) is 0. The van der Waals surface area contributed by atoms with Crippen LogP contribution in [0.4, 0.5) is 0 Å². The molecule has 78 valence electrons. The highest BCUT2D eigenvalue weighted by Gasteiger charge is 2.40. The van der Waals surface area contributed by atoms with Crippen LogP contribution in [0.15, 0.2) is 0 Å². The van der Waals surface area contributed by atoms with Gasteiger partial charge >= 0.3 is 0 Å². The lowest BCUT2D eigenvalue weighted by molar-refractivity contribution is -0.185. The van der Waals surface area contributed by atoms with Crippen LogP contribution in [-0.4, -0.2) is 35.0 Å². The van der Waals surface area contributed by atoms with Crippen LogP contribution in [0.25, 0.3) is 0 Å². The predicted octanol–water partition coefficient (Wildman–Crippen LogP) is 2.48. The fourth-order valence-electron chi connectivity index (χ4n) is 2.34. The van der Waals surface area contributed by atoms with Gasteiger partial charge in [0, 0.05) is 6.42 Å². The molecule has 2 saturated heterocycles. The van der Waals surface area contributed by atoms with Crippen molar-refractivity contribution in [2.45, 2.75) is 37.9 Å². The van der Waals surface area contributed by atoms with Crippen LogP contribution in [0, 0.1) is 5.92 Å². The molecule has 2 aliphatic heterocycles. The lowest BCUT2D eigenvalue weighted by atomic mass is 9.79. The molecule has 2 heterocycles. The van der Waals surface area contributed by atoms with E-state index >= 15 is 0 Å². The Kier molecular flexibility index (Phi) is 2.60. The van der Waals surface area contributed by atoms with Crippen LogP contribution in [0.5, 0.6) is 0 Å². The Bertz CT molecular complexity index is 179. The van der Waals surface area contributed by atoms with Gasteiger partial charge in [0.05, 0.1) is 12.2 Å². The second kappa shape index (κ2) is 3.44. The van der Waals surface area contributed by atoms with E-state index in [1.54, 1.807) is 0 Å². The molecule has 1 saturated carbocycles. The van der Waals surface area contributed by atoms with E-state index in [1.165, 1.54) is 19.3 Å². The molecule has 0 aromatic carbocycles.